The molecule has 0 amide bonds. The third-order valence-electron chi connectivity index (χ3n) is 2.87. The average molecular weight is 317 g/mol. The normalized spacial score (nSPS) is 20.2. The Balaban J connectivity index is 2.11. The molecule has 9 heteroatoms. The van der Waals surface area contributed by atoms with Crippen molar-refractivity contribution in [3.63, 3.8) is 0 Å². The zero-order valence-corrected chi connectivity index (χ0v) is 12.2. The summed E-state index contributed by atoms with van der Waals surface area (Å²) >= 11 is 0. The van der Waals surface area contributed by atoms with Crippen LogP contribution in [0, 0.1) is 0 Å². The highest BCUT2D eigenvalue weighted by atomic mass is 16.6. The number of carboxylic acid groups (broad SMARTS) is 1. The molecule has 1 rings (SSSR count). The molecule has 2 N–H and O–H groups in total. The number of nitrogens with one attached hydrogen (secondary N) is 1. The third kappa shape index (κ3) is 7.02. The highest BCUT2D eigenvalue weighted by molar-refractivity contribution is 5.78. The molecular weight excluding hydrogens is 298 g/mol. The van der Waals surface area contributed by atoms with Crippen LogP contribution in [-0.2, 0) is 33.4 Å². The van der Waals surface area contributed by atoms with Crippen LogP contribution in [0.25, 0.3) is 0 Å². The summed E-state index contributed by atoms with van der Waals surface area (Å²) < 4.78 is 14.4. The highest BCUT2D eigenvalue weighted by Crippen LogP contribution is 2.12. The van der Waals surface area contributed by atoms with Gasteiger partial charge in [-0.05, 0) is 0 Å². The predicted molar refractivity (Wildman–Crippen MR) is 70.7 cm³/mol. The van der Waals surface area contributed by atoms with Crippen LogP contribution < -0.4 is 5.32 Å². The van der Waals surface area contributed by atoms with E-state index in [9.17, 15) is 19.2 Å². The number of hydrogen-bond acceptors (Lipinski definition) is 8. The van der Waals surface area contributed by atoms with Gasteiger partial charge >= 0.3 is 23.9 Å². The molecule has 0 unspecified atom stereocenters. The van der Waals surface area contributed by atoms with Crippen LogP contribution in [0.1, 0.15) is 26.2 Å². The molecule has 1 fully saturated rings. The Hall–Kier alpha value is -2.16. The van der Waals surface area contributed by atoms with Crippen LogP contribution in [0.15, 0.2) is 0 Å². The minimum Gasteiger partial charge on any atom is -0.480 e. The smallest absolute Gasteiger partial charge is 0.320 e. The molecule has 0 spiro atoms. The lowest BCUT2D eigenvalue weighted by atomic mass is 10.2. The van der Waals surface area contributed by atoms with E-state index in [-0.39, 0.29) is 39.0 Å². The third-order valence-corrected chi connectivity index (χ3v) is 2.87. The number of rotatable bonds is 8. The van der Waals surface area contributed by atoms with Gasteiger partial charge in [-0.3, -0.25) is 19.2 Å². The summed E-state index contributed by atoms with van der Waals surface area (Å²) in [5.74, 6) is -2.65. The predicted octanol–water partition coefficient (Wildman–Crippen LogP) is -0.769. The van der Waals surface area contributed by atoms with Crippen LogP contribution in [0.3, 0.4) is 0 Å². The average Bonchev–Trinajstić information content (AvgIpc) is 2.90. The van der Waals surface area contributed by atoms with Gasteiger partial charge in [0.1, 0.15) is 25.4 Å². The fourth-order valence-electron chi connectivity index (χ4n) is 1.84. The van der Waals surface area contributed by atoms with Gasteiger partial charge < -0.3 is 24.6 Å². The Bertz CT molecular complexity index is 436. The summed E-state index contributed by atoms with van der Waals surface area (Å²) in [6, 6.07) is -0.718. The van der Waals surface area contributed by atoms with Gasteiger partial charge in [-0.1, -0.05) is 0 Å². The first-order chi connectivity index (χ1) is 10.4. The van der Waals surface area contributed by atoms with E-state index in [0.29, 0.717) is 0 Å². The fourth-order valence-corrected chi connectivity index (χ4v) is 1.84. The lowest BCUT2D eigenvalue weighted by molar-refractivity contribution is -0.155. The van der Waals surface area contributed by atoms with Crippen molar-refractivity contribution in [2.24, 2.45) is 0 Å². The summed E-state index contributed by atoms with van der Waals surface area (Å²) in [6.07, 6.45) is -0.607. The maximum absolute atomic E-state index is 11.5. The van der Waals surface area contributed by atoms with Crippen LogP contribution in [0.5, 0.6) is 0 Å². The summed E-state index contributed by atoms with van der Waals surface area (Å²) in [5, 5.41) is 11.5. The minimum absolute atomic E-state index is 0.0319. The summed E-state index contributed by atoms with van der Waals surface area (Å²) in [4.78, 5) is 44.0. The van der Waals surface area contributed by atoms with Gasteiger partial charge in [0, 0.05) is 19.9 Å². The molecule has 0 saturated carbocycles. The van der Waals surface area contributed by atoms with Crippen LogP contribution in [0.2, 0.25) is 0 Å². The number of ether oxygens (including phenoxy) is 3. The largest absolute Gasteiger partial charge is 0.480 e. The van der Waals surface area contributed by atoms with E-state index in [2.05, 4.69) is 10.1 Å². The van der Waals surface area contributed by atoms with E-state index in [0.717, 1.165) is 0 Å². The number of aliphatic carboxylic acids is 1. The molecule has 0 aliphatic carbocycles. The fraction of sp³-hybridized carbons (Fsp3) is 0.692. The highest BCUT2D eigenvalue weighted by Gasteiger charge is 2.31. The molecule has 124 valence electrons. The Morgan fingerprint density at radius 1 is 1.09 bits per heavy atom. The van der Waals surface area contributed by atoms with Gasteiger partial charge in [-0.15, -0.1) is 0 Å². The first kappa shape index (κ1) is 17.9. The van der Waals surface area contributed by atoms with Gasteiger partial charge in [-0.2, -0.15) is 0 Å². The van der Waals surface area contributed by atoms with Crippen molar-refractivity contribution in [1.29, 1.82) is 0 Å². The molecule has 9 nitrogen and oxygen atoms in total. The molecule has 0 aromatic carbocycles. The quantitative estimate of drug-likeness (QED) is 0.337. The van der Waals surface area contributed by atoms with Gasteiger partial charge in [0.25, 0.3) is 0 Å². The second-order valence-electron chi connectivity index (χ2n) is 4.71. The van der Waals surface area contributed by atoms with Crippen molar-refractivity contribution in [2.75, 3.05) is 19.8 Å². The number of carbonyl (C=O) groups is 4. The van der Waals surface area contributed by atoms with E-state index in [1.54, 1.807) is 0 Å². The second kappa shape index (κ2) is 8.98. The molecular formula is C13H19NO8. The maximum Gasteiger partial charge on any atom is 0.320 e. The topological polar surface area (TPSA) is 128 Å². The van der Waals surface area contributed by atoms with Crippen LogP contribution >= 0.6 is 0 Å². The van der Waals surface area contributed by atoms with Crippen molar-refractivity contribution in [3.8, 4) is 0 Å². The number of hydrogen-bond donors (Lipinski definition) is 2. The Morgan fingerprint density at radius 3 is 2.32 bits per heavy atom. The summed E-state index contributed by atoms with van der Waals surface area (Å²) in [6.45, 7) is 1.41. The van der Waals surface area contributed by atoms with E-state index in [1.807, 2.05) is 0 Å². The molecule has 1 heterocycles. The molecule has 0 aromatic rings. The molecule has 0 radical (unpaired) electrons. The summed E-state index contributed by atoms with van der Waals surface area (Å²) in [7, 11) is 0. The van der Waals surface area contributed by atoms with E-state index < -0.39 is 36.0 Å². The first-order valence-corrected chi connectivity index (χ1v) is 6.83. The molecule has 1 saturated heterocycles. The Morgan fingerprint density at radius 2 is 1.73 bits per heavy atom. The number of carboxylic acids is 1. The van der Waals surface area contributed by atoms with Crippen molar-refractivity contribution >= 4 is 23.9 Å². The maximum atomic E-state index is 11.5. The van der Waals surface area contributed by atoms with E-state index >= 15 is 0 Å². The monoisotopic (exact) mass is 317 g/mol. The summed E-state index contributed by atoms with van der Waals surface area (Å²) in [5.41, 5.74) is 0. The standard InChI is InChI=1S/C13H19NO8/c1-8(15)20-4-5-21-11(16)2-3-12(17)22-9-6-10(13(18)19)14-7-9/h9-10,14H,2-7H2,1H3,(H,18,19)/t9-,10+/m1/s1. The number of esters is 3. The van der Waals surface area contributed by atoms with Crippen molar-refractivity contribution < 1.29 is 38.5 Å². The lowest BCUT2D eigenvalue weighted by Gasteiger charge is -2.10. The second-order valence-corrected chi connectivity index (χ2v) is 4.71. The SMILES string of the molecule is CC(=O)OCCOC(=O)CCC(=O)O[C@H]1CN[C@H](C(=O)O)C1. The molecule has 22 heavy (non-hydrogen) atoms. The zero-order valence-electron chi connectivity index (χ0n) is 12.2. The Kier molecular flexibility index (Phi) is 7.30. The van der Waals surface area contributed by atoms with Gasteiger partial charge in [0.15, 0.2) is 0 Å². The molecule has 0 bridgehead atoms. The minimum atomic E-state index is -0.991. The van der Waals surface area contributed by atoms with Crippen LogP contribution in [0.4, 0.5) is 0 Å². The molecule has 0 aromatic heterocycles. The van der Waals surface area contributed by atoms with Crippen molar-refractivity contribution in [3.05, 3.63) is 0 Å². The van der Waals surface area contributed by atoms with Gasteiger partial charge in [0.2, 0.25) is 0 Å². The van der Waals surface area contributed by atoms with Gasteiger partial charge in [-0.25, -0.2) is 0 Å². The lowest BCUT2D eigenvalue weighted by Crippen LogP contribution is -2.30. The van der Waals surface area contributed by atoms with E-state index in [4.69, 9.17) is 14.6 Å². The Labute approximate surface area is 126 Å². The molecule has 1 aliphatic heterocycles. The zero-order chi connectivity index (χ0) is 16.5. The van der Waals surface area contributed by atoms with Gasteiger partial charge in [0.05, 0.1) is 12.8 Å². The van der Waals surface area contributed by atoms with Crippen molar-refractivity contribution in [1.82, 2.24) is 5.32 Å². The first-order valence-electron chi connectivity index (χ1n) is 6.83. The number of carbonyl (C=O) groups excluding carboxylic acids is 3. The molecule has 2 atom stereocenters. The van der Waals surface area contributed by atoms with E-state index in [1.165, 1.54) is 6.92 Å². The van der Waals surface area contributed by atoms with Crippen molar-refractivity contribution in [2.45, 2.75) is 38.3 Å². The molecule has 1 aliphatic rings. The van der Waals surface area contributed by atoms with Crippen LogP contribution in [-0.4, -0.2) is 60.9 Å².